The lowest BCUT2D eigenvalue weighted by atomic mass is 10.0. The van der Waals surface area contributed by atoms with Crippen LogP contribution in [0.4, 0.5) is 10.5 Å². The highest BCUT2D eigenvalue weighted by Crippen LogP contribution is 2.42. The van der Waals surface area contributed by atoms with E-state index in [0.717, 1.165) is 18.4 Å². The van der Waals surface area contributed by atoms with Crippen molar-refractivity contribution in [1.82, 2.24) is 0 Å². The van der Waals surface area contributed by atoms with Crippen LogP contribution in [-0.2, 0) is 4.74 Å². The fourth-order valence-electron chi connectivity index (χ4n) is 1.95. The first-order valence-corrected chi connectivity index (χ1v) is 6.44. The number of hydrogen-bond donors (Lipinski definition) is 1. The van der Waals surface area contributed by atoms with Crippen molar-refractivity contribution in [2.45, 2.75) is 45.1 Å². The molecule has 4 nitrogen and oxygen atoms in total. The second-order valence-corrected chi connectivity index (χ2v) is 5.78. The van der Waals surface area contributed by atoms with Crippen molar-refractivity contribution >= 4 is 11.8 Å². The Morgan fingerprint density at radius 1 is 1.42 bits per heavy atom. The number of carbonyl (C=O) groups is 1. The molecule has 1 aliphatic carbocycles. The molecule has 2 rings (SSSR count). The van der Waals surface area contributed by atoms with Crippen molar-refractivity contribution in [1.29, 1.82) is 5.26 Å². The molecule has 1 aromatic carbocycles. The van der Waals surface area contributed by atoms with Crippen molar-refractivity contribution in [3.8, 4) is 6.07 Å². The Balaban J connectivity index is 2.19. The molecule has 100 valence electrons. The summed E-state index contributed by atoms with van der Waals surface area (Å²) >= 11 is 0. The second kappa shape index (κ2) is 4.93. The van der Waals surface area contributed by atoms with Crippen molar-refractivity contribution in [2.24, 2.45) is 0 Å². The van der Waals surface area contributed by atoms with E-state index < -0.39 is 11.7 Å². The van der Waals surface area contributed by atoms with E-state index in [1.54, 1.807) is 26.8 Å². The van der Waals surface area contributed by atoms with Crippen LogP contribution in [0, 0.1) is 11.3 Å². The molecule has 0 heterocycles. The van der Waals surface area contributed by atoms with E-state index >= 15 is 0 Å². The first-order chi connectivity index (χ1) is 8.90. The van der Waals surface area contributed by atoms with Crippen LogP contribution in [-0.4, -0.2) is 11.7 Å². The molecule has 0 unspecified atom stereocenters. The minimum Gasteiger partial charge on any atom is -0.444 e. The van der Waals surface area contributed by atoms with Gasteiger partial charge in [-0.3, -0.25) is 5.32 Å². The van der Waals surface area contributed by atoms with E-state index in [4.69, 9.17) is 4.74 Å². The van der Waals surface area contributed by atoms with Gasteiger partial charge in [-0.05, 0) is 51.2 Å². The summed E-state index contributed by atoms with van der Waals surface area (Å²) in [5.41, 5.74) is 1.55. The quantitative estimate of drug-likeness (QED) is 0.878. The maximum atomic E-state index is 11.8. The zero-order valence-electron chi connectivity index (χ0n) is 11.5. The zero-order chi connectivity index (χ0) is 14.0. The third kappa shape index (κ3) is 3.47. The van der Waals surface area contributed by atoms with Crippen LogP contribution in [0.25, 0.3) is 0 Å². The van der Waals surface area contributed by atoms with Gasteiger partial charge in [-0.15, -0.1) is 0 Å². The van der Waals surface area contributed by atoms with Gasteiger partial charge in [0.15, 0.2) is 0 Å². The molecular formula is C15H18N2O2. The SMILES string of the molecule is CC(C)(C)OC(=O)Nc1cccc(C2CC2)c1C#N. The number of ether oxygens (including phenoxy) is 1. The van der Waals surface area contributed by atoms with Crippen molar-refractivity contribution in [2.75, 3.05) is 5.32 Å². The van der Waals surface area contributed by atoms with Gasteiger partial charge in [0.25, 0.3) is 0 Å². The standard InChI is InChI=1S/C15H18N2O2/c1-15(2,3)19-14(18)17-13-6-4-5-11(10-7-8-10)12(13)9-16/h4-6,10H,7-8H2,1-3H3,(H,17,18). The number of benzene rings is 1. The Morgan fingerprint density at radius 3 is 2.63 bits per heavy atom. The molecule has 0 aromatic heterocycles. The van der Waals surface area contributed by atoms with Gasteiger partial charge in [0, 0.05) is 0 Å². The number of hydrogen-bond acceptors (Lipinski definition) is 3. The average molecular weight is 258 g/mol. The lowest BCUT2D eigenvalue weighted by Gasteiger charge is -2.20. The molecule has 0 spiro atoms. The molecule has 1 aromatic rings. The number of rotatable bonds is 2. The fourth-order valence-corrected chi connectivity index (χ4v) is 1.95. The van der Waals surface area contributed by atoms with Crippen molar-refractivity contribution in [3.63, 3.8) is 0 Å². The maximum Gasteiger partial charge on any atom is 0.412 e. The Morgan fingerprint density at radius 2 is 2.11 bits per heavy atom. The summed E-state index contributed by atoms with van der Waals surface area (Å²) in [4.78, 5) is 11.8. The summed E-state index contributed by atoms with van der Waals surface area (Å²) in [6.07, 6.45) is 1.70. The van der Waals surface area contributed by atoms with Gasteiger partial charge >= 0.3 is 6.09 Å². The third-order valence-electron chi connectivity index (χ3n) is 2.86. The molecule has 1 saturated carbocycles. The molecule has 0 radical (unpaired) electrons. The molecule has 4 heteroatoms. The van der Waals surface area contributed by atoms with E-state index in [9.17, 15) is 10.1 Å². The van der Waals surface area contributed by atoms with Gasteiger partial charge < -0.3 is 4.74 Å². The fraction of sp³-hybridized carbons (Fsp3) is 0.467. The Kier molecular flexibility index (Phi) is 3.48. The summed E-state index contributed by atoms with van der Waals surface area (Å²) in [5.74, 6) is 0.468. The Bertz CT molecular complexity index is 534. The second-order valence-electron chi connectivity index (χ2n) is 5.78. The highest BCUT2D eigenvalue weighted by atomic mass is 16.6. The lowest BCUT2D eigenvalue weighted by Crippen LogP contribution is -2.27. The smallest absolute Gasteiger partial charge is 0.412 e. The Labute approximate surface area is 113 Å². The number of anilines is 1. The van der Waals surface area contributed by atoms with Crippen LogP contribution in [0.5, 0.6) is 0 Å². The van der Waals surface area contributed by atoms with Gasteiger partial charge in [0.05, 0.1) is 11.3 Å². The van der Waals surface area contributed by atoms with Crippen LogP contribution in [0.3, 0.4) is 0 Å². The summed E-state index contributed by atoms with van der Waals surface area (Å²) < 4.78 is 5.20. The van der Waals surface area contributed by atoms with Crippen LogP contribution in [0.15, 0.2) is 18.2 Å². The normalized spacial score (nSPS) is 14.6. The molecule has 0 saturated heterocycles. The van der Waals surface area contributed by atoms with Gasteiger partial charge in [0.2, 0.25) is 0 Å². The molecule has 1 amide bonds. The molecule has 1 fully saturated rings. The number of amides is 1. The number of nitrogens with zero attached hydrogens (tertiary/aromatic N) is 1. The summed E-state index contributed by atoms with van der Waals surface area (Å²) in [7, 11) is 0. The minimum atomic E-state index is -0.551. The number of carbonyl (C=O) groups excluding carboxylic acids is 1. The number of nitrogens with one attached hydrogen (secondary N) is 1. The van der Waals surface area contributed by atoms with E-state index in [0.29, 0.717) is 17.2 Å². The van der Waals surface area contributed by atoms with Crippen molar-refractivity contribution in [3.05, 3.63) is 29.3 Å². The number of nitriles is 1. The minimum absolute atomic E-state index is 0.468. The molecule has 19 heavy (non-hydrogen) atoms. The largest absolute Gasteiger partial charge is 0.444 e. The molecule has 0 aliphatic heterocycles. The van der Waals surface area contributed by atoms with Crippen LogP contribution < -0.4 is 5.32 Å². The molecule has 1 N–H and O–H groups in total. The van der Waals surface area contributed by atoms with Crippen LogP contribution in [0.2, 0.25) is 0 Å². The van der Waals surface area contributed by atoms with E-state index in [2.05, 4.69) is 11.4 Å². The molecular weight excluding hydrogens is 240 g/mol. The third-order valence-corrected chi connectivity index (χ3v) is 2.86. The van der Waals surface area contributed by atoms with Gasteiger partial charge in [0.1, 0.15) is 11.7 Å². The predicted molar refractivity (Wildman–Crippen MR) is 73.0 cm³/mol. The maximum absolute atomic E-state index is 11.8. The Hall–Kier alpha value is -2.02. The molecule has 0 bridgehead atoms. The van der Waals surface area contributed by atoms with E-state index in [1.165, 1.54) is 0 Å². The molecule has 0 atom stereocenters. The molecule has 1 aliphatic rings. The van der Waals surface area contributed by atoms with E-state index in [-0.39, 0.29) is 0 Å². The topological polar surface area (TPSA) is 62.1 Å². The zero-order valence-corrected chi connectivity index (χ0v) is 11.5. The average Bonchev–Trinajstić information content (AvgIpc) is 3.09. The first-order valence-electron chi connectivity index (χ1n) is 6.44. The van der Waals surface area contributed by atoms with Crippen LogP contribution >= 0.6 is 0 Å². The highest BCUT2D eigenvalue weighted by Gasteiger charge is 2.27. The summed E-state index contributed by atoms with van der Waals surface area (Å²) in [5, 5.41) is 11.9. The lowest BCUT2D eigenvalue weighted by molar-refractivity contribution is 0.0636. The van der Waals surface area contributed by atoms with Gasteiger partial charge in [-0.1, -0.05) is 12.1 Å². The monoisotopic (exact) mass is 258 g/mol. The van der Waals surface area contributed by atoms with Crippen LogP contribution in [0.1, 0.15) is 50.7 Å². The van der Waals surface area contributed by atoms with Crippen molar-refractivity contribution < 1.29 is 9.53 Å². The predicted octanol–water partition coefficient (Wildman–Crippen LogP) is 3.78. The van der Waals surface area contributed by atoms with Gasteiger partial charge in [-0.25, -0.2) is 4.79 Å². The van der Waals surface area contributed by atoms with E-state index in [1.807, 2.05) is 12.1 Å². The summed E-state index contributed by atoms with van der Waals surface area (Å²) in [6.45, 7) is 5.41. The highest BCUT2D eigenvalue weighted by molar-refractivity contribution is 5.87. The summed E-state index contributed by atoms with van der Waals surface area (Å²) in [6, 6.07) is 7.73. The first kappa shape index (κ1) is 13.4. The van der Waals surface area contributed by atoms with Gasteiger partial charge in [-0.2, -0.15) is 5.26 Å².